The number of hydrogen-bond donors (Lipinski definition) is 2. The van der Waals surface area contributed by atoms with Crippen molar-refractivity contribution in [2.75, 3.05) is 6.61 Å². The average Bonchev–Trinajstić information content (AvgIpc) is 2.30. The minimum atomic E-state index is -0.455. The average molecular weight is 236 g/mol. The second-order valence-electron chi connectivity index (χ2n) is 5.47. The molecule has 1 aliphatic rings. The van der Waals surface area contributed by atoms with Crippen molar-refractivity contribution in [3.63, 3.8) is 0 Å². The van der Waals surface area contributed by atoms with E-state index in [1.54, 1.807) is 0 Å². The number of allylic oxidation sites excluding steroid dienone is 1. The summed E-state index contributed by atoms with van der Waals surface area (Å²) >= 11 is 0. The first-order valence-corrected chi connectivity index (χ1v) is 6.12. The normalized spacial score (nSPS) is 37.5. The van der Waals surface area contributed by atoms with Gasteiger partial charge in [-0.1, -0.05) is 31.7 Å². The molecule has 0 amide bonds. The van der Waals surface area contributed by atoms with Gasteiger partial charge < -0.3 is 10.2 Å². The molecule has 0 bridgehead atoms. The molecule has 0 aromatic heterocycles. The van der Waals surface area contributed by atoms with Crippen LogP contribution in [0.4, 0.5) is 0 Å². The summed E-state index contributed by atoms with van der Waals surface area (Å²) in [5.74, 6) is 0.363. The molecule has 1 aliphatic carbocycles. The highest BCUT2D eigenvalue weighted by Gasteiger charge is 2.44. The Morgan fingerprint density at radius 2 is 2.00 bits per heavy atom. The van der Waals surface area contributed by atoms with Crippen LogP contribution in [0.15, 0.2) is 37.0 Å². The van der Waals surface area contributed by atoms with Gasteiger partial charge in [-0.15, -0.1) is 6.58 Å². The van der Waals surface area contributed by atoms with Gasteiger partial charge in [-0.3, -0.25) is 0 Å². The van der Waals surface area contributed by atoms with Crippen LogP contribution in [0.3, 0.4) is 0 Å². The maximum Gasteiger partial charge on any atom is 0.0641 e. The van der Waals surface area contributed by atoms with Crippen molar-refractivity contribution in [1.82, 2.24) is 0 Å². The fourth-order valence-electron chi connectivity index (χ4n) is 2.86. The summed E-state index contributed by atoms with van der Waals surface area (Å²) in [4.78, 5) is 0. The van der Waals surface area contributed by atoms with E-state index in [4.69, 9.17) is 5.11 Å². The van der Waals surface area contributed by atoms with Crippen LogP contribution in [0.25, 0.3) is 0 Å². The number of hydrogen-bond acceptors (Lipinski definition) is 2. The third kappa shape index (κ3) is 2.53. The quantitative estimate of drug-likeness (QED) is 0.737. The summed E-state index contributed by atoms with van der Waals surface area (Å²) in [5, 5.41) is 19.5. The molecule has 96 valence electrons. The van der Waals surface area contributed by atoms with Gasteiger partial charge in [-0.25, -0.2) is 0 Å². The van der Waals surface area contributed by atoms with E-state index in [1.165, 1.54) is 0 Å². The maximum atomic E-state index is 10.3. The molecule has 2 N–H and O–H groups in total. The fraction of sp³-hybridized carbons (Fsp3) is 0.600. The molecule has 0 aliphatic heterocycles. The van der Waals surface area contributed by atoms with E-state index in [-0.39, 0.29) is 23.9 Å². The first-order valence-electron chi connectivity index (χ1n) is 6.12. The monoisotopic (exact) mass is 236 g/mol. The van der Waals surface area contributed by atoms with Crippen molar-refractivity contribution in [2.45, 2.75) is 32.8 Å². The van der Waals surface area contributed by atoms with Crippen molar-refractivity contribution >= 4 is 0 Å². The molecule has 0 saturated heterocycles. The lowest BCUT2D eigenvalue weighted by molar-refractivity contribution is -0.0143. The summed E-state index contributed by atoms with van der Waals surface area (Å²) in [5.41, 5.74) is 1.54. The van der Waals surface area contributed by atoms with Crippen LogP contribution in [0, 0.1) is 17.3 Å². The number of aliphatic hydroxyl groups is 2. The SMILES string of the molecule is C=C[C@]1(C)[C@H](O)C[C@H](C(=C)CO)C[C@@H]1C(=C)C. The van der Waals surface area contributed by atoms with E-state index < -0.39 is 6.10 Å². The van der Waals surface area contributed by atoms with Crippen LogP contribution in [-0.2, 0) is 0 Å². The number of aliphatic hydroxyl groups excluding tert-OH is 2. The van der Waals surface area contributed by atoms with Gasteiger partial charge in [0.05, 0.1) is 12.7 Å². The molecule has 2 heteroatoms. The van der Waals surface area contributed by atoms with Crippen molar-refractivity contribution in [1.29, 1.82) is 0 Å². The van der Waals surface area contributed by atoms with Gasteiger partial charge in [0.1, 0.15) is 0 Å². The van der Waals surface area contributed by atoms with E-state index in [0.717, 1.165) is 17.6 Å². The van der Waals surface area contributed by atoms with Crippen LogP contribution >= 0.6 is 0 Å². The van der Waals surface area contributed by atoms with Crippen LogP contribution in [-0.4, -0.2) is 22.9 Å². The van der Waals surface area contributed by atoms with Crippen LogP contribution in [0.5, 0.6) is 0 Å². The zero-order valence-electron chi connectivity index (χ0n) is 10.9. The fourth-order valence-corrected chi connectivity index (χ4v) is 2.86. The zero-order chi connectivity index (χ0) is 13.2. The van der Waals surface area contributed by atoms with Crippen molar-refractivity contribution < 1.29 is 10.2 Å². The predicted octanol–water partition coefficient (Wildman–Crippen LogP) is 2.69. The van der Waals surface area contributed by atoms with Gasteiger partial charge in [0.2, 0.25) is 0 Å². The predicted molar refractivity (Wildman–Crippen MR) is 71.6 cm³/mol. The molecule has 0 aromatic rings. The van der Waals surface area contributed by atoms with E-state index in [1.807, 2.05) is 19.9 Å². The maximum absolute atomic E-state index is 10.3. The third-order valence-corrected chi connectivity index (χ3v) is 4.31. The van der Waals surface area contributed by atoms with Gasteiger partial charge in [0, 0.05) is 5.41 Å². The molecule has 4 atom stereocenters. The molecule has 0 unspecified atom stereocenters. The molecule has 2 nitrogen and oxygen atoms in total. The van der Waals surface area contributed by atoms with Crippen LogP contribution in [0.1, 0.15) is 26.7 Å². The summed E-state index contributed by atoms with van der Waals surface area (Å²) in [6.07, 6.45) is 2.92. The van der Waals surface area contributed by atoms with Crippen molar-refractivity contribution in [2.24, 2.45) is 17.3 Å². The first-order chi connectivity index (χ1) is 7.86. The molecule has 1 saturated carbocycles. The topological polar surface area (TPSA) is 40.5 Å². The Labute approximate surface area is 104 Å². The van der Waals surface area contributed by atoms with Crippen molar-refractivity contribution in [3.8, 4) is 0 Å². The smallest absolute Gasteiger partial charge is 0.0641 e. The number of rotatable bonds is 4. The second kappa shape index (κ2) is 5.19. The Morgan fingerprint density at radius 1 is 1.41 bits per heavy atom. The first kappa shape index (κ1) is 14.2. The molecular weight excluding hydrogens is 212 g/mol. The van der Waals surface area contributed by atoms with E-state index in [2.05, 4.69) is 19.7 Å². The molecule has 0 aromatic carbocycles. The molecular formula is C15H24O2. The molecule has 1 fully saturated rings. The van der Waals surface area contributed by atoms with Crippen LogP contribution in [0.2, 0.25) is 0 Å². The lowest BCUT2D eigenvalue weighted by Crippen LogP contribution is -2.45. The summed E-state index contributed by atoms with van der Waals surface area (Å²) in [6, 6.07) is 0. The molecule has 0 radical (unpaired) electrons. The Kier molecular flexibility index (Phi) is 4.34. The highest BCUT2D eigenvalue weighted by atomic mass is 16.3. The van der Waals surface area contributed by atoms with E-state index in [9.17, 15) is 5.11 Å². The lowest BCUT2D eigenvalue weighted by atomic mass is 9.60. The zero-order valence-corrected chi connectivity index (χ0v) is 10.9. The van der Waals surface area contributed by atoms with E-state index >= 15 is 0 Å². The lowest BCUT2D eigenvalue weighted by Gasteiger charge is -2.47. The summed E-state index contributed by atoms with van der Waals surface area (Å²) < 4.78 is 0. The Balaban J connectivity index is 3.00. The highest BCUT2D eigenvalue weighted by molar-refractivity contribution is 5.18. The molecule has 0 heterocycles. The summed E-state index contributed by atoms with van der Waals surface area (Å²) in [6.45, 7) is 15.8. The van der Waals surface area contributed by atoms with Gasteiger partial charge >= 0.3 is 0 Å². The van der Waals surface area contributed by atoms with Crippen LogP contribution < -0.4 is 0 Å². The Bertz CT molecular complexity index is 332. The Morgan fingerprint density at radius 3 is 2.41 bits per heavy atom. The second-order valence-corrected chi connectivity index (χ2v) is 5.47. The highest BCUT2D eigenvalue weighted by Crippen LogP contribution is 2.48. The van der Waals surface area contributed by atoms with Crippen molar-refractivity contribution in [3.05, 3.63) is 37.0 Å². The molecule has 1 rings (SSSR count). The standard InChI is InChI=1S/C15H24O2/c1-6-15(5)13(10(2)3)7-12(8-14(15)17)11(4)9-16/h6,12-14,16-17H,1-2,4,7-9H2,3,5H3/t12-,13-,14-,15+/m1/s1. The van der Waals surface area contributed by atoms with Gasteiger partial charge in [0.15, 0.2) is 0 Å². The van der Waals surface area contributed by atoms with Gasteiger partial charge in [0.25, 0.3) is 0 Å². The molecule has 0 spiro atoms. The summed E-state index contributed by atoms with van der Waals surface area (Å²) in [7, 11) is 0. The minimum absolute atomic E-state index is 0.00883. The van der Waals surface area contributed by atoms with Gasteiger partial charge in [-0.2, -0.15) is 0 Å². The third-order valence-electron chi connectivity index (χ3n) is 4.31. The van der Waals surface area contributed by atoms with Gasteiger partial charge in [-0.05, 0) is 37.2 Å². The molecule has 17 heavy (non-hydrogen) atoms. The largest absolute Gasteiger partial charge is 0.392 e. The minimum Gasteiger partial charge on any atom is -0.392 e. The Hall–Kier alpha value is -0.860. The van der Waals surface area contributed by atoms with E-state index in [0.29, 0.717) is 6.42 Å².